The van der Waals surface area contributed by atoms with Gasteiger partial charge in [-0.05, 0) is 70.3 Å². The monoisotopic (exact) mass is 643 g/mol. The van der Waals surface area contributed by atoms with Crippen LogP contribution in [0.3, 0.4) is 0 Å². The molecule has 0 unspecified atom stereocenters. The number of aliphatic hydroxyl groups is 1. The van der Waals surface area contributed by atoms with E-state index in [4.69, 9.17) is 9.97 Å². The lowest BCUT2D eigenvalue weighted by Crippen LogP contribution is -2.14. The summed E-state index contributed by atoms with van der Waals surface area (Å²) in [6, 6.07) is 51.6. The van der Waals surface area contributed by atoms with Crippen molar-refractivity contribution >= 4 is 43.6 Å². The lowest BCUT2D eigenvalue weighted by Gasteiger charge is -2.21. The number of hydrogen-bond donors (Lipinski definition) is 1. The maximum absolute atomic E-state index is 9.99. The normalized spacial score (nSPS) is 13.3. The first-order valence-corrected chi connectivity index (χ1v) is 17.2. The number of hydrogen-bond acceptors (Lipinski definition) is 3. The van der Waals surface area contributed by atoms with E-state index in [2.05, 4.69) is 134 Å². The maximum Gasteiger partial charge on any atom is 0.0972 e. The zero-order valence-corrected chi connectivity index (χ0v) is 27.9. The maximum atomic E-state index is 9.99. The standard InChI is InChI=1S/C46H33N3O/c1-46(2)38-16-7-5-14-34(38)36-25-37-35-15-6-8-17-42(35)49(43(37)26-39(36)46)32-12-9-11-30(24-32)40-22-20-28-18-19-29-21-23-41(48-45(29)44(28)47-40)33-13-4-3-10-31(33)27-50/h3-26,50H,27H2,1-2H3. The first-order chi connectivity index (χ1) is 24.5. The molecule has 10 rings (SSSR count). The molecule has 1 aliphatic carbocycles. The van der Waals surface area contributed by atoms with E-state index in [1.807, 2.05) is 30.3 Å². The summed E-state index contributed by atoms with van der Waals surface area (Å²) in [7, 11) is 0. The minimum Gasteiger partial charge on any atom is -0.392 e. The van der Waals surface area contributed by atoms with Gasteiger partial charge in [0.1, 0.15) is 0 Å². The first-order valence-electron chi connectivity index (χ1n) is 17.2. The van der Waals surface area contributed by atoms with Gasteiger partial charge < -0.3 is 9.67 Å². The van der Waals surface area contributed by atoms with Gasteiger partial charge in [-0.2, -0.15) is 0 Å². The van der Waals surface area contributed by atoms with Gasteiger partial charge in [0, 0.05) is 43.8 Å². The third kappa shape index (κ3) is 4.15. The van der Waals surface area contributed by atoms with E-state index >= 15 is 0 Å². The largest absolute Gasteiger partial charge is 0.392 e. The van der Waals surface area contributed by atoms with E-state index in [1.165, 1.54) is 44.1 Å². The van der Waals surface area contributed by atoms with Crippen molar-refractivity contribution in [3.8, 4) is 39.3 Å². The van der Waals surface area contributed by atoms with Crippen LogP contribution in [-0.4, -0.2) is 19.6 Å². The van der Waals surface area contributed by atoms with Gasteiger partial charge in [0.2, 0.25) is 0 Å². The molecule has 1 N–H and O–H groups in total. The zero-order valence-electron chi connectivity index (χ0n) is 27.9. The lowest BCUT2D eigenvalue weighted by atomic mass is 9.82. The Morgan fingerprint density at radius 2 is 1.22 bits per heavy atom. The smallest absolute Gasteiger partial charge is 0.0972 e. The fourth-order valence-electron chi connectivity index (χ4n) is 8.23. The Bertz CT molecular complexity index is 2840. The zero-order chi connectivity index (χ0) is 33.6. The van der Waals surface area contributed by atoms with Gasteiger partial charge in [0.15, 0.2) is 0 Å². The second-order valence-electron chi connectivity index (χ2n) is 13.9. The van der Waals surface area contributed by atoms with Crippen molar-refractivity contribution in [3.05, 3.63) is 162 Å². The summed E-state index contributed by atoms with van der Waals surface area (Å²) in [6.45, 7) is 4.65. The molecule has 0 amide bonds. The third-order valence-corrected chi connectivity index (χ3v) is 10.8. The molecule has 0 fully saturated rings. The Morgan fingerprint density at radius 1 is 0.540 bits per heavy atom. The molecule has 4 nitrogen and oxygen atoms in total. The quantitative estimate of drug-likeness (QED) is 0.194. The molecule has 50 heavy (non-hydrogen) atoms. The molecule has 0 aliphatic heterocycles. The van der Waals surface area contributed by atoms with Gasteiger partial charge in [-0.15, -0.1) is 0 Å². The molecule has 0 saturated heterocycles. The highest BCUT2D eigenvalue weighted by Crippen LogP contribution is 2.51. The van der Waals surface area contributed by atoms with Crippen LogP contribution < -0.4 is 0 Å². The summed E-state index contributed by atoms with van der Waals surface area (Å²) in [5.41, 5.74) is 15.1. The highest BCUT2D eigenvalue weighted by Gasteiger charge is 2.36. The van der Waals surface area contributed by atoms with Crippen molar-refractivity contribution in [1.82, 2.24) is 14.5 Å². The number of rotatable bonds is 4. The van der Waals surface area contributed by atoms with E-state index in [9.17, 15) is 5.11 Å². The first kappa shape index (κ1) is 28.9. The molecular weight excluding hydrogens is 611 g/mol. The molecule has 4 heteroatoms. The summed E-state index contributed by atoms with van der Waals surface area (Å²) in [6.07, 6.45) is 0. The molecule has 0 bridgehead atoms. The summed E-state index contributed by atoms with van der Waals surface area (Å²) in [5.74, 6) is 0. The summed E-state index contributed by atoms with van der Waals surface area (Å²) in [4.78, 5) is 10.4. The summed E-state index contributed by atoms with van der Waals surface area (Å²) >= 11 is 0. The molecule has 3 aromatic heterocycles. The van der Waals surface area contributed by atoms with Crippen LogP contribution >= 0.6 is 0 Å². The average Bonchev–Trinajstić information content (AvgIpc) is 3.61. The Balaban J connectivity index is 1.15. The van der Waals surface area contributed by atoms with E-state index in [-0.39, 0.29) is 12.0 Å². The Labute approximate surface area is 289 Å². The molecule has 3 heterocycles. The van der Waals surface area contributed by atoms with Crippen LogP contribution in [0.4, 0.5) is 0 Å². The molecular formula is C46H33N3O. The van der Waals surface area contributed by atoms with Gasteiger partial charge in [0.05, 0.1) is 40.1 Å². The number of benzene rings is 6. The predicted molar refractivity (Wildman–Crippen MR) is 206 cm³/mol. The van der Waals surface area contributed by atoms with Gasteiger partial charge in [-0.1, -0.05) is 117 Å². The molecule has 6 aromatic carbocycles. The van der Waals surface area contributed by atoms with Gasteiger partial charge in [0.25, 0.3) is 0 Å². The molecule has 9 aromatic rings. The fourth-order valence-corrected chi connectivity index (χ4v) is 8.23. The van der Waals surface area contributed by atoms with Crippen LogP contribution in [0, 0.1) is 0 Å². The second kappa shape index (κ2) is 10.7. The van der Waals surface area contributed by atoms with Crippen molar-refractivity contribution in [1.29, 1.82) is 0 Å². The van der Waals surface area contributed by atoms with Gasteiger partial charge in [-0.25, -0.2) is 9.97 Å². The number of pyridine rings is 2. The van der Waals surface area contributed by atoms with E-state index in [0.717, 1.165) is 55.6 Å². The van der Waals surface area contributed by atoms with E-state index in [0.29, 0.717) is 0 Å². The predicted octanol–water partition coefficient (Wildman–Crippen LogP) is 11.0. The molecule has 0 atom stereocenters. The minimum absolute atomic E-state index is 0.0377. The molecule has 0 radical (unpaired) electrons. The van der Waals surface area contributed by atoms with Crippen molar-refractivity contribution in [2.24, 2.45) is 0 Å². The molecule has 1 aliphatic rings. The van der Waals surface area contributed by atoms with Crippen LogP contribution in [0.15, 0.2) is 146 Å². The van der Waals surface area contributed by atoms with Crippen molar-refractivity contribution in [2.75, 3.05) is 0 Å². The Kier molecular flexibility index (Phi) is 6.18. The Hall–Kier alpha value is -6.10. The van der Waals surface area contributed by atoms with Crippen LogP contribution in [0.2, 0.25) is 0 Å². The second-order valence-corrected chi connectivity index (χ2v) is 13.9. The highest BCUT2D eigenvalue weighted by atomic mass is 16.3. The van der Waals surface area contributed by atoms with Crippen LogP contribution in [0.25, 0.3) is 82.9 Å². The fraction of sp³-hybridized carbons (Fsp3) is 0.0870. The molecule has 238 valence electrons. The average molecular weight is 644 g/mol. The van der Waals surface area contributed by atoms with Gasteiger partial charge in [-0.3, -0.25) is 0 Å². The number of fused-ring (bicyclic) bond motifs is 9. The number of nitrogens with zero attached hydrogens (tertiary/aromatic N) is 3. The van der Waals surface area contributed by atoms with Crippen LogP contribution in [0.1, 0.15) is 30.5 Å². The summed E-state index contributed by atoms with van der Waals surface area (Å²) < 4.78 is 2.41. The number of aliphatic hydroxyl groups excluding tert-OH is 1. The van der Waals surface area contributed by atoms with Crippen molar-refractivity contribution < 1.29 is 5.11 Å². The van der Waals surface area contributed by atoms with Crippen molar-refractivity contribution in [2.45, 2.75) is 25.9 Å². The molecule has 0 spiro atoms. The third-order valence-electron chi connectivity index (χ3n) is 10.8. The van der Waals surface area contributed by atoms with Crippen LogP contribution in [-0.2, 0) is 12.0 Å². The minimum atomic E-state index is -0.0882. The SMILES string of the molecule is CC1(C)c2ccccc2-c2cc3c4ccccc4n(-c4cccc(-c5ccc6ccc7ccc(-c8ccccc8CO)nc7c6n5)c4)c3cc21. The number of aromatic nitrogens is 3. The summed E-state index contributed by atoms with van der Waals surface area (Å²) in [5, 5.41) is 14.6. The Morgan fingerprint density at radius 3 is 2.04 bits per heavy atom. The number of para-hydroxylation sites is 1. The lowest BCUT2D eigenvalue weighted by molar-refractivity contribution is 0.282. The highest BCUT2D eigenvalue weighted by molar-refractivity contribution is 6.12. The molecule has 0 saturated carbocycles. The van der Waals surface area contributed by atoms with E-state index in [1.54, 1.807) is 0 Å². The van der Waals surface area contributed by atoms with Crippen LogP contribution in [0.5, 0.6) is 0 Å². The van der Waals surface area contributed by atoms with Gasteiger partial charge >= 0.3 is 0 Å². The van der Waals surface area contributed by atoms with E-state index < -0.39 is 0 Å². The topological polar surface area (TPSA) is 50.9 Å². The van der Waals surface area contributed by atoms with Crippen molar-refractivity contribution in [3.63, 3.8) is 0 Å².